The van der Waals surface area contributed by atoms with Crippen molar-refractivity contribution in [1.82, 2.24) is 14.6 Å². The maximum atomic E-state index is 14.0. The van der Waals surface area contributed by atoms with Crippen LogP contribution < -0.4 is 5.73 Å². The van der Waals surface area contributed by atoms with Crippen LogP contribution in [0.4, 0.5) is 10.2 Å². The molecule has 3 aromatic rings. The number of aliphatic hydroxyl groups excluding tert-OH is 2. The Hall–Kier alpha value is -3.03. The predicted molar refractivity (Wildman–Crippen MR) is 195 cm³/mol. The van der Waals surface area contributed by atoms with Gasteiger partial charge in [0.15, 0.2) is 12.1 Å². The van der Waals surface area contributed by atoms with Crippen LogP contribution in [0.5, 0.6) is 0 Å². The van der Waals surface area contributed by atoms with E-state index in [-0.39, 0.29) is 24.6 Å². The minimum atomic E-state index is -4.93. The maximum Gasteiger partial charge on any atom is 0.474 e. The van der Waals surface area contributed by atoms with E-state index in [1.807, 2.05) is 6.07 Å². The molecule has 0 saturated carbocycles. The maximum absolute atomic E-state index is 14.0. The highest BCUT2D eigenvalue weighted by Crippen LogP contribution is 2.50. The molecule has 0 bridgehead atoms. The number of aromatic nitrogens is 3. The minimum absolute atomic E-state index is 0.00963. The monoisotopic (exact) mass is 763 g/mol. The van der Waals surface area contributed by atoms with E-state index in [9.17, 15) is 29.3 Å². The topological polar surface area (TPSA) is 204 Å². The molecule has 1 fully saturated rings. The van der Waals surface area contributed by atoms with Crippen molar-refractivity contribution in [3.8, 4) is 6.07 Å². The Balaban J connectivity index is 1.26. The van der Waals surface area contributed by atoms with Crippen molar-refractivity contribution >= 4 is 19.2 Å². The molecule has 1 aliphatic rings. The number of ether oxygens (including phenoxy) is 3. The summed E-state index contributed by atoms with van der Waals surface area (Å²) >= 11 is 0. The summed E-state index contributed by atoms with van der Waals surface area (Å²) in [5.41, 5.74) is 5.52. The Morgan fingerprint density at radius 1 is 1.04 bits per heavy atom. The van der Waals surface area contributed by atoms with E-state index < -0.39 is 50.4 Å². The van der Waals surface area contributed by atoms with Crippen LogP contribution in [-0.4, -0.2) is 74.1 Å². The van der Waals surface area contributed by atoms with Gasteiger partial charge in [0.1, 0.15) is 41.6 Å². The van der Waals surface area contributed by atoms with E-state index in [0.29, 0.717) is 23.4 Å². The van der Waals surface area contributed by atoms with Crippen molar-refractivity contribution in [2.45, 2.75) is 134 Å². The Morgan fingerprint density at radius 3 is 2.36 bits per heavy atom. The number of nitrogen functional groups attached to an aromatic ring is 1. The van der Waals surface area contributed by atoms with Crippen LogP contribution in [0, 0.1) is 17.1 Å². The summed E-state index contributed by atoms with van der Waals surface area (Å²) in [5, 5.41) is 35.1. The Kier molecular flexibility index (Phi) is 17.1. The summed E-state index contributed by atoms with van der Waals surface area (Å²) < 4.78 is 56.5. The highest BCUT2D eigenvalue weighted by molar-refractivity contribution is 7.47. The Labute approximate surface area is 311 Å². The lowest BCUT2D eigenvalue weighted by atomic mass is 9.94. The largest absolute Gasteiger partial charge is 0.474 e. The number of nitriles is 1. The number of aliphatic hydroxyl groups is 2. The van der Waals surface area contributed by atoms with Crippen LogP contribution in [0.15, 0.2) is 36.7 Å². The number of phosphoric ester groups is 1. The van der Waals surface area contributed by atoms with Crippen molar-refractivity contribution in [3.63, 3.8) is 0 Å². The van der Waals surface area contributed by atoms with Gasteiger partial charge < -0.3 is 35.1 Å². The van der Waals surface area contributed by atoms with Crippen LogP contribution >= 0.6 is 7.82 Å². The van der Waals surface area contributed by atoms with E-state index in [0.717, 1.165) is 25.3 Å². The van der Waals surface area contributed by atoms with Gasteiger partial charge in [0.25, 0.3) is 0 Å². The number of hydrogen-bond donors (Lipinski definition) is 4. The van der Waals surface area contributed by atoms with Gasteiger partial charge in [0, 0.05) is 6.61 Å². The first-order valence-electron chi connectivity index (χ1n) is 18.6. The van der Waals surface area contributed by atoms with Crippen LogP contribution in [-0.2, 0) is 40.0 Å². The van der Waals surface area contributed by atoms with Gasteiger partial charge >= 0.3 is 7.82 Å². The van der Waals surface area contributed by atoms with E-state index in [2.05, 4.69) is 17.0 Å². The van der Waals surface area contributed by atoms with Gasteiger partial charge in [-0.2, -0.15) is 10.4 Å². The summed E-state index contributed by atoms with van der Waals surface area (Å²) in [4.78, 5) is 14.6. The number of fused-ring (bicyclic) bond motifs is 1. The molecule has 4 rings (SSSR count). The molecule has 16 heteroatoms. The molecule has 0 spiro atoms. The fraction of sp³-hybridized carbons (Fsp3) is 0.649. The lowest BCUT2D eigenvalue weighted by Gasteiger charge is -2.27. The SMILES string of the molecule is CCCCCCCCCCCCCCCOC[C@H](COP(=O)(O)O[C@H]1O[C@@](C)(c2ccc3c(N)ncnn23)[C@H](O)[C@@H]1O)OCc1cc(F)cc(C#N)c1. The number of benzene rings is 1. The normalized spacial score (nSPS) is 21.9. The molecule has 294 valence electrons. The van der Waals surface area contributed by atoms with Crippen molar-refractivity contribution < 1.29 is 47.3 Å². The fourth-order valence-electron chi connectivity index (χ4n) is 6.41. The van der Waals surface area contributed by atoms with Gasteiger partial charge in [-0.3, -0.25) is 9.05 Å². The number of unbranched alkanes of at least 4 members (excludes halogenated alkanes) is 12. The second-order valence-corrected chi connectivity index (χ2v) is 15.2. The van der Waals surface area contributed by atoms with Gasteiger partial charge in [-0.15, -0.1) is 0 Å². The smallest absolute Gasteiger partial charge is 0.387 e. The first-order valence-corrected chi connectivity index (χ1v) is 20.1. The third kappa shape index (κ3) is 12.8. The molecular weight excluding hydrogens is 708 g/mol. The molecule has 1 aromatic carbocycles. The third-order valence-corrected chi connectivity index (χ3v) is 10.4. The van der Waals surface area contributed by atoms with Crippen molar-refractivity contribution in [3.05, 3.63) is 59.3 Å². The van der Waals surface area contributed by atoms with Crippen molar-refractivity contribution in [2.24, 2.45) is 0 Å². The molecule has 1 unspecified atom stereocenters. The number of phosphoric acid groups is 1. The van der Waals surface area contributed by atoms with E-state index >= 15 is 0 Å². The van der Waals surface area contributed by atoms with Crippen LogP contribution in [0.2, 0.25) is 0 Å². The van der Waals surface area contributed by atoms with Crippen LogP contribution in [0.25, 0.3) is 5.52 Å². The Morgan fingerprint density at radius 2 is 1.70 bits per heavy atom. The van der Waals surface area contributed by atoms with Gasteiger partial charge in [0.2, 0.25) is 0 Å². The van der Waals surface area contributed by atoms with E-state index in [1.54, 1.807) is 12.1 Å². The second kappa shape index (κ2) is 21.2. The molecule has 53 heavy (non-hydrogen) atoms. The number of nitrogens with zero attached hydrogens (tertiary/aromatic N) is 4. The molecule has 6 atom stereocenters. The average Bonchev–Trinajstić information content (AvgIpc) is 3.67. The molecule has 2 aromatic heterocycles. The predicted octanol–water partition coefficient (Wildman–Crippen LogP) is 6.44. The zero-order valence-electron chi connectivity index (χ0n) is 30.8. The van der Waals surface area contributed by atoms with Gasteiger partial charge in [-0.25, -0.2) is 18.5 Å². The van der Waals surface area contributed by atoms with Gasteiger partial charge in [0.05, 0.1) is 37.1 Å². The quantitative estimate of drug-likeness (QED) is 0.0542. The summed E-state index contributed by atoms with van der Waals surface area (Å²) in [6.07, 6.45) is 11.1. The first-order chi connectivity index (χ1) is 25.5. The Bertz CT molecular complexity index is 1660. The lowest BCUT2D eigenvalue weighted by Crippen LogP contribution is -2.39. The van der Waals surface area contributed by atoms with Gasteiger partial charge in [-0.1, -0.05) is 84.0 Å². The molecule has 0 amide bonds. The zero-order valence-corrected chi connectivity index (χ0v) is 31.7. The molecule has 5 N–H and O–H groups in total. The van der Waals surface area contributed by atoms with E-state index in [4.69, 9.17) is 29.0 Å². The molecule has 14 nitrogen and oxygen atoms in total. The third-order valence-electron chi connectivity index (χ3n) is 9.45. The molecule has 1 saturated heterocycles. The standard InChI is InChI=1S/C37H55FN5O9P/c1-3-4-5-6-7-8-9-10-11-12-13-14-15-18-48-24-30(49-23-28-19-27(22-39)20-29(38)21-28)25-50-53(46,47)52-36-33(44)34(45)37(2,51-36)32-17-16-31-35(40)41-26-42-43(31)32/h16-17,19-21,26,30,33-34,36,44-45H,3-15,18,23-25H2,1-2H3,(H,46,47)(H2,40,41,42)/t30-,33+,34-,36-,37+/m1/s1. The van der Waals surface area contributed by atoms with E-state index in [1.165, 1.54) is 94.1 Å². The second-order valence-electron chi connectivity index (χ2n) is 13.8. The highest BCUT2D eigenvalue weighted by atomic mass is 31.2. The summed E-state index contributed by atoms with van der Waals surface area (Å²) in [7, 11) is -4.93. The summed E-state index contributed by atoms with van der Waals surface area (Å²) in [6, 6.07) is 8.89. The fourth-order valence-corrected chi connectivity index (χ4v) is 7.26. The lowest BCUT2D eigenvalue weighted by molar-refractivity contribution is -0.157. The molecule has 0 radical (unpaired) electrons. The van der Waals surface area contributed by atoms with Crippen molar-refractivity contribution in [2.75, 3.05) is 25.6 Å². The molecule has 1 aliphatic heterocycles. The number of anilines is 1. The zero-order chi connectivity index (χ0) is 38.3. The minimum Gasteiger partial charge on any atom is -0.387 e. The van der Waals surface area contributed by atoms with Gasteiger partial charge in [-0.05, 0) is 49.2 Å². The first kappa shape index (κ1) is 42.7. The molecule has 3 heterocycles. The number of rotatable bonds is 25. The average molecular weight is 764 g/mol. The number of halogens is 1. The summed E-state index contributed by atoms with van der Waals surface area (Å²) in [5.74, 6) is -0.423. The number of hydrogen-bond acceptors (Lipinski definition) is 12. The number of nitrogens with two attached hydrogens (primary N) is 1. The van der Waals surface area contributed by atoms with Crippen molar-refractivity contribution in [1.29, 1.82) is 5.26 Å². The van der Waals surface area contributed by atoms with Crippen LogP contribution in [0.1, 0.15) is 114 Å². The van der Waals surface area contributed by atoms with Crippen LogP contribution in [0.3, 0.4) is 0 Å². The highest BCUT2D eigenvalue weighted by Gasteiger charge is 2.56. The summed E-state index contributed by atoms with van der Waals surface area (Å²) in [6.45, 7) is 3.52. The molecule has 0 aliphatic carbocycles. The molecular formula is C37H55FN5O9P.